The van der Waals surface area contributed by atoms with Crippen molar-refractivity contribution in [2.45, 2.75) is 32.3 Å². The highest BCUT2D eigenvalue weighted by atomic mass is 16.5. The Kier molecular flexibility index (Phi) is 5.35. The van der Waals surface area contributed by atoms with Crippen LogP contribution in [0.3, 0.4) is 0 Å². The van der Waals surface area contributed by atoms with Crippen molar-refractivity contribution in [2.75, 3.05) is 32.8 Å². The third-order valence-electron chi connectivity index (χ3n) is 2.58. The van der Waals surface area contributed by atoms with Crippen molar-refractivity contribution in [1.29, 1.82) is 0 Å². The summed E-state index contributed by atoms with van der Waals surface area (Å²) in [5.41, 5.74) is 5.62. The van der Waals surface area contributed by atoms with E-state index in [9.17, 15) is 0 Å². The molecule has 0 spiro atoms. The van der Waals surface area contributed by atoms with Gasteiger partial charge in [-0.05, 0) is 32.9 Å². The molecule has 1 rings (SSSR count). The lowest BCUT2D eigenvalue weighted by Gasteiger charge is -2.29. The molecule has 1 saturated heterocycles. The molecule has 0 radical (unpaired) electrons. The maximum Gasteiger partial charge on any atom is 0.0823 e. The quantitative estimate of drug-likeness (QED) is 0.691. The molecule has 2 N–H and O–H groups in total. The van der Waals surface area contributed by atoms with Gasteiger partial charge in [0.05, 0.1) is 6.10 Å². The largest absolute Gasteiger partial charge is 0.376 e. The van der Waals surface area contributed by atoms with E-state index in [1.54, 1.807) is 0 Å². The summed E-state index contributed by atoms with van der Waals surface area (Å²) in [6.07, 6.45) is 4.30. The first kappa shape index (κ1) is 11.0. The lowest BCUT2D eigenvalue weighted by molar-refractivity contribution is 0.0346. The van der Waals surface area contributed by atoms with Crippen LogP contribution >= 0.6 is 0 Å². The first-order valence-electron chi connectivity index (χ1n) is 5.40. The number of hydrogen-bond acceptors (Lipinski definition) is 3. The standard InChI is InChI=1S/C10H22N2O/c1-2-13-10(8-11)9-12-6-4-3-5-7-12/h10H,2-9,11H2,1H3. The average molecular weight is 186 g/mol. The molecule has 0 amide bonds. The van der Waals surface area contributed by atoms with Crippen LogP contribution < -0.4 is 5.73 Å². The van der Waals surface area contributed by atoms with Gasteiger partial charge in [0.1, 0.15) is 0 Å². The summed E-state index contributed by atoms with van der Waals surface area (Å²) in [7, 11) is 0. The monoisotopic (exact) mass is 186 g/mol. The van der Waals surface area contributed by atoms with Gasteiger partial charge in [-0.3, -0.25) is 0 Å². The molecular formula is C10H22N2O. The summed E-state index contributed by atoms with van der Waals surface area (Å²) >= 11 is 0. The number of nitrogens with two attached hydrogens (primary N) is 1. The highest BCUT2D eigenvalue weighted by molar-refractivity contribution is 4.70. The zero-order chi connectivity index (χ0) is 9.52. The van der Waals surface area contributed by atoms with E-state index < -0.39 is 0 Å². The van der Waals surface area contributed by atoms with Crippen molar-refractivity contribution in [1.82, 2.24) is 4.90 Å². The van der Waals surface area contributed by atoms with Gasteiger partial charge in [0.2, 0.25) is 0 Å². The molecule has 0 aromatic carbocycles. The summed E-state index contributed by atoms with van der Waals surface area (Å²) in [4.78, 5) is 2.47. The molecule has 0 aliphatic carbocycles. The minimum atomic E-state index is 0.239. The lowest BCUT2D eigenvalue weighted by Crippen LogP contribution is -2.40. The van der Waals surface area contributed by atoms with Crippen molar-refractivity contribution >= 4 is 0 Å². The Labute approximate surface area is 81.2 Å². The molecule has 3 heteroatoms. The normalized spacial score (nSPS) is 21.7. The van der Waals surface area contributed by atoms with Crippen molar-refractivity contribution in [3.8, 4) is 0 Å². The van der Waals surface area contributed by atoms with Gasteiger partial charge in [-0.1, -0.05) is 6.42 Å². The predicted octanol–water partition coefficient (Wildman–Crippen LogP) is 0.836. The fraction of sp³-hybridized carbons (Fsp3) is 1.00. The Hall–Kier alpha value is -0.120. The third kappa shape index (κ3) is 4.07. The molecule has 1 heterocycles. The highest BCUT2D eigenvalue weighted by Gasteiger charge is 2.14. The van der Waals surface area contributed by atoms with Crippen LogP contribution in [0.4, 0.5) is 0 Å². The molecule has 1 aliphatic rings. The van der Waals surface area contributed by atoms with Gasteiger partial charge in [0.15, 0.2) is 0 Å². The summed E-state index contributed by atoms with van der Waals surface area (Å²) < 4.78 is 5.53. The van der Waals surface area contributed by atoms with Crippen LogP contribution in [-0.2, 0) is 4.74 Å². The van der Waals surface area contributed by atoms with E-state index in [4.69, 9.17) is 10.5 Å². The smallest absolute Gasteiger partial charge is 0.0823 e. The van der Waals surface area contributed by atoms with Crippen LogP contribution in [0.25, 0.3) is 0 Å². The van der Waals surface area contributed by atoms with E-state index in [-0.39, 0.29) is 6.10 Å². The van der Waals surface area contributed by atoms with Gasteiger partial charge < -0.3 is 15.4 Å². The topological polar surface area (TPSA) is 38.5 Å². The van der Waals surface area contributed by atoms with E-state index in [1.165, 1.54) is 32.4 Å². The molecule has 0 aromatic heterocycles. The molecule has 0 saturated carbocycles. The molecule has 0 bridgehead atoms. The van der Waals surface area contributed by atoms with E-state index in [0.717, 1.165) is 13.2 Å². The predicted molar refractivity (Wildman–Crippen MR) is 54.8 cm³/mol. The van der Waals surface area contributed by atoms with Crippen molar-refractivity contribution in [3.05, 3.63) is 0 Å². The molecule has 78 valence electrons. The SMILES string of the molecule is CCOC(CN)CN1CCCCC1. The molecule has 3 nitrogen and oxygen atoms in total. The Morgan fingerprint density at radius 1 is 1.31 bits per heavy atom. The maximum atomic E-state index is 5.62. The molecule has 1 aliphatic heterocycles. The van der Waals surface area contributed by atoms with Crippen LogP contribution in [0.2, 0.25) is 0 Å². The van der Waals surface area contributed by atoms with Gasteiger partial charge >= 0.3 is 0 Å². The second-order valence-corrected chi connectivity index (χ2v) is 3.67. The highest BCUT2D eigenvalue weighted by Crippen LogP contribution is 2.09. The number of piperidine rings is 1. The van der Waals surface area contributed by atoms with E-state index >= 15 is 0 Å². The van der Waals surface area contributed by atoms with Gasteiger partial charge in [-0.2, -0.15) is 0 Å². The van der Waals surface area contributed by atoms with Crippen LogP contribution in [0.15, 0.2) is 0 Å². The molecule has 1 atom stereocenters. The molecule has 1 unspecified atom stereocenters. The van der Waals surface area contributed by atoms with Crippen LogP contribution in [0.5, 0.6) is 0 Å². The first-order chi connectivity index (χ1) is 6.36. The molecule has 0 aromatic rings. The number of rotatable bonds is 5. The van der Waals surface area contributed by atoms with Crippen LogP contribution in [0, 0.1) is 0 Å². The fourth-order valence-electron chi connectivity index (χ4n) is 1.86. The second-order valence-electron chi connectivity index (χ2n) is 3.67. The number of hydrogen-bond donors (Lipinski definition) is 1. The van der Waals surface area contributed by atoms with Crippen molar-refractivity contribution < 1.29 is 4.74 Å². The summed E-state index contributed by atoms with van der Waals surface area (Å²) in [6.45, 7) is 6.91. The van der Waals surface area contributed by atoms with Gasteiger partial charge in [-0.25, -0.2) is 0 Å². The molecule has 13 heavy (non-hydrogen) atoms. The van der Waals surface area contributed by atoms with Crippen LogP contribution in [-0.4, -0.2) is 43.8 Å². The van der Waals surface area contributed by atoms with E-state index in [2.05, 4.69) is 4.90 Å². The first-order valence-corrected chi connectivity index (χ1v) is 5.40. The second kappa shape index (κ2) is 6.35. The Morgan fingerprint density at radius 3 is 2.54 bits per heavy atom. The molecule has 1 fully saturated rings. The summed E-state index contributed by atoms with van der Waals surface area (Å²) in [6, 6.07) is 0. The summed E-state index contributed by atoms with van der Waals surface area (Å²) in [5.74, 6) is 0. The van der Waals surface area contributed by atoms with E-state index in [0.29, 0.717) is 6.54 Å². The zero-order valence-corrected chi connectivity index (χ0v) is 8.67. The van der Waals surface area contributed by atoms with Gasteiger partial charge in [0, 0.05) is 19.7 Å². The minimum absolute atomic E-state index is 0.239. The number of likely N-dealkylation sites (tertiary alicyclic amines) is 1. The third-order valence-corrected chi connectivity index (χ3v) is 2.58. The number of ether oxygens (including phenoxy) is 1. The molecular weight excluding hydrogens is 164 g/mol. The minimum Gasteiger partial charge on any atom is -0.376 e. The average Bonchev–Trinajstić information content (AvgIpc) is 2.19. The lowest BCUT2D eigenvalue weighted by atomic mass is 10.1. The Morgan fingerprint density at radius 2 is 2.00 bits per heavy atom. The Balaban J connectivity index is 2.18. The zero-order valence-electron chi connectivity index (χ0n) is 8.67. The van der Waals surface area contributed by atoms with Crippen LogP contribution in [0.1, 0.15) is 26.2 Å². The van der Waals surface area contributed by atoms with Crippen molar-refractivity contribution in [3.63, 3.8) is 0 Å². The fourth-order valence-corrected chi connectivity index (χ4v) is 1.86. The summed E-state index contributed by atoms with van der Waals surface area (Å²) in [5, 5.41) is 0. The van der Waals surface area contributed by atoms with Crippen molar-refractivity contribution in [2.24, 2.45) is 5.73 Å². The van der Waals surface area contributed by atoms with E-state index in [1.807, 2.05) is 6.92 Å². The number of nitrogens with zero attached hydrogens (tertiary/aromatic N) is 1. The van der Waals surface area contributed by atoms with Gasteiger partial charge in [0.25, 0.3) is 0 Å². The maximum absolute atomic E-state index is 5.62. The Bertz CT molecular complexity index is 121. The van der Waals surface area contributed by atoms with Gasteiger partial charge in [-0.15, -0.1) is 0 Å².